The van der Waals surface area contributed by atoms with Gasteiger partial charge in [-0.05, 0) is 6.92 Å². The zero-order valence-electron chi connectivity index (χ0n) is 8.80. The fourth-order valence-electron chi connectivity index (χ4n) is 1.22. The summed E-state index contributed by atoms with van der Waals surface area (Å²) in [4.78, 5) is 4.02. The number of hydrogen-bond acceptors (Lipinski definition) is 3. The topological polar surface area (TPSA) is 55.2 Å². The summed E-state index contributed by atoms with van der Waals surface area (Å²) in [6, 6.07) is 0. The van der Waals surface area contributed by atoms with E-state index in [-0.39, 0.29) is 0 Å². The summed E-state index contributed by atoms with van der Waals surface area (Å²) in [5, 5.41) is -0.613. The lowest BCUT2D eigenvalue weighted by atomic mass is 10.4. The zero-order valence-corrected chi connectivity index (χ0v) is 9.61. The van der Waals surface area contributed by atoms with Crippen LogP contribution >= 0.6 is 0 Å². The van der Waals surface area contributed by atoms with Crippen LogP contribution in [-0.4, -0.2) is 36.4 Å². The Hall–Kier alpha value is -0.880. The molecule has 0 amide bonds. The first kappa shape index (κ1) is 11.2. The molecule has 0 aliphatic carbocycles. The van der Waals surface area contributed by atoms with Gasteiger partial charge in [0.15, 0.2) is 0 Å². The number of imidazole rings is 1. The fraction of sp³-hybridized carbons (Fsp3) is 0.625. The van der Waals surface area contributed by atoms with Crippen molar-refractivity contribution in [2.45, 2.75) is 12.2 Å². The van der Waals surface area contributed by atoms with Crippen LogP contribution in [0.1, 0.15) is 18.0 Å². The summed E-state index contributed by atoms with van der Waals surface area (Å²) < 4.78 is 26.4. The quantitative estimate of drug-likeness (QED) is 0.735. The van der Waals surface area contributed by atoms with Crippen LogP contribution in [0.3, 0.4) is 0 Å². The van der Waals surface area contributed by atoms with Crippen molar-refractivity contribution in [2.24, 2.45) is 7.05 Å². The van der Waals surface area contributed by atoms with Crippen molar-refractivity contribution in [3.8, 4) is 0 Å². The summed E-state index contributed by atoms with van der Waals surface area (Å²) in [5.41, 5.74) is 0. The number of aromatic nitrogens is 2. The maximum Gasteiger partial charge on any atom is 0.223 e. The Morgan fingerprint density at radius 3 is 2.43 bits per heavy atom. The fourth-order valence-corrected chi connectivity index (χ4v) is 2.34. The van der Waals surface area contributed by atoms with Gasteiger partial charge in [-0.25, -0.2) is 17.7 Å². The zero-order chi connectivity index (χ0) is 10.9. The molecule has 1 aromatic rings. The second kappa shape index (κ2) is 3.70. The number of rotatable bonds is 3. The average Bonchev–Trinajstić information content (AvgIpc) is 2.49. The van der Waals surface area contributed by atoms with E-state index in [1.54, 1.807) is 30.9 Å². The molecular weight excluding hydrogens is 202 g/mol. The lowest BCUT2D eigenvalue weighted by molar-refractivity contribution is 0.505. The van der Waals surface area contributed by atoms with Crippen molar-refractivity contribution in [3.05, 3.63) is 18.2 Å². The number of aryl methyl sites for hydroxylation is 1. The Bertz CT molecular complexity index is 408. The Morgan fingerprint density at radius 1 is 1.50 bits per heavy atom. The normalized spacial score (nSPS) is 14.6. The molecule has 1 unspecified atom stereocenters. The van der Waals surface area contributed by atoms with E-state index in [1.807, 2.05) is 0 Å². The van der Waals surface area contributed by atoms with Crippen molar-refractivity contribution in [3.63, 3.8) is 0 Å². The van der Waals surface area contributed by atoms with Gasteiger partial charge in [-0.1, -0.05) is 0 Å². The molecule has 0 radical (unpaired) electrons. The van der Waals surface area contributed by atoms with E-state index in [0.717, 1.165) is 0 Å². The Balaban J connectivity index is 3.09. The second-order valence-electron chi connectivity index (χ2n) is 3.37. The van der Waals surface area contributed by atoms with Crippen molar-refractivity contribution in [1.29, 1.82) is 0 Å². The van der Waals surface area contributed by atoms with Gasteiger partial charge in [0.05, 0.1) is 0 Å². The first-order chi connectivity index (χ1) is 6.37. The van der Waals surface area contributed by atoms with Crippen LogP contribution in [0.15, 0.2) is 12.4 Å². The SMILES string of the molecule is CC(c1nccn1C)S(=O)(=O)N(C)C. The Morgan fingerprint density at radius 2 is 2.07 bits per heavy atom. The van der Waals surface area contributed by atoms with E-state index in [2.05, 4.69) is 4.98 Å². The maximum absolute atomic E-state index is 11.8. The summed E-state index contributed by atoms with van der Waals surface area (Å²) >= 11 is 0. The third-order valence-corrected chi connectivity index (χ3v) is 4.30. The van der Waals surface area contributed by atoms with Crippen LogP contribution in [0.25, 0.3) is 0 Å². The van der Waals surface area contributed by atoms with Gasteiger partial charge >= 0.3 is 0 Å². The predicted octanol–water partition coefficient (Wildman–Crippen LogP) is 0.373. The van der Waals surface area contributed by atoms with Crippen LogP contribution in [0.5, 0.6) is 0 Å². The summed E-state index contributed by atoms with van der Waals surface area (Å²) in [6.07, 6.45) is 3.33. The number of nitrogens with zero attached hydrogens (tertiary/aromatic N) is 3. The average molecular weight is 217 g/mol. The molecular formula is C8H15N3O2S. The minimum Gasteiger partial charge on any atom is -0.337 e. The van der Waals surface area contributed by atoms with Gasteiger partial charge in [0, 0.05) is 33.5 Å². The highest BCUT2D eigenvalue weighted by molar-refractivity contribution is 7.89. The molecule has 0 aliphatic rings. The van der Waals surface area contributed by atoms with Gasteiger partial charge in [0.2, 0.25) is 10.0 Å². The van der Waals surface area contributed by atoms with E-state index in [9.17, 15) is 8.42 Å². The number of sulfonamides is 1. The van der Waals surface area contributed by atoms with E-state index in [4.69, 9.17) is 0 Å². The number of hydrogen-bond donors (Lipinski definition) is 0. The summed E-state index contributed by atoms with van der Waals surface area (Å²) in [6.45, 7) is 1.64. The molecule has 1 atom stereocenters. The van der Waals surface area contributed by atoms with E-state index >= 15 is 0 Å². The van der Waals surface area contributed by atoms with Crippen molar-refractivity contribution in [2.75, 3.05) is 14.1 Å². The van der Waals surface area contributed by atoms with Gasteiger partial charge in [-0.2, -0.15) is 0 Å². The van der Waals surface area contributed by atoms with Crippen LogP contribution in [0.2, 0.25) is 0 Å². The summed E-state index contributed by atoms with van der Waals surface area (Å²) in [5.74, 6) is 0.554. The largest absolute Gasteiger partial charge is 0.337 e. The smallest absolute Gasteiger partial charge is 0.223 e. The molecule has 0 saturated carbocycles. The van der Waals surface area contributed by atoms with E-state index in [1.165, 1.54) is 18.4 Å². The molecule has 14 heavy (non-hydrogen) atoms. The first-order valence-corrected chi connectivity index (χ1v) is 5.76. The lowest BCUT2D eigenvalue weighted by Gasteiger charge is -2.17. The summed E-state index contributed by atoms with van der Waals surface area (Å²) in [7, 11) is 1.55. The van der Waals surface area contributed by atoms with Gasteiger partial charge < -0.3 is 4.57 Å². The van der Waals surface area contributed by atoms with Gasteiger partial charge in [-0.15, -0.1) is 0 Å². The molecule has 0 spiro atoms. The van der Waals surface area contributed by atoms with Gasteiger partial charge in [0.25, 0.3) is 0 Å². The lowest BCUT2D eigenvalue weighted by Crippen LogP contribution is -2.28. The molecule has 0 N–H and O–H groups in total. The minimum atomic E-state index is -3.27. The van der Waals surface area contributed by atoms with Crippen LogP contribution in [0, 0.1) is 0 Å². The molecule has 1 aromatic heterocycles. The molecule has 6 heteroatoms. The standard InChI is InChI=1S/C8H15N3O2S/c1-7(14(12,13)10(2)3)8-9-5-6-11(8)4/h5-7H,1-4H3. The van der Waals surface area contributed by atoms with Crippen molar-refractivity contribution in [1.82, 2.24) is 13.9 Å². The van der Waals surface area contributed by atoms with Crippen LogP contribution in [0.4, 0.5) is 0 Å². The second-order valence-corrected chi connectivity index (χ2v) is 5.83. The Kier molecular flexibility index (Phi) is 2.96. The van der Waals surface area contributed by atoms with Crippen molar-refractivity contribution < 1.29 is 8.42 Å². The molecule has 80 valence electrons. The molecule has 0 aromatic carbocycles. The van der Waals surface area contributed by atoms with Crippen LogP contribution in [-0.2, 0) is 17.1 Å². The highest BCUT2D eigenvalue weighted by Crippen LogP contribution is 2.21. The molecule has 5 nitrogen and oxygen atoms in total. The molecule has 0 saturated heterocycles. The highest BCUT2D eigenvalue weighted by atomic mass is 32.2. The third kappa shape index (κ3) is 1.80. The first-order valence-electron chi connectivity index (χ1n) is 4.26. The molecule has 1 rings (SSSR count). The molecule has 0 fully saturated rings. The van der Waals surface area contributed by atoms with E-state index in [0.29, 0.717) is 5.82 Å². The third-order valence-electron chi connectivity index (χ3n) is 2.18. The highest BCUT2D eigenvalue weighted by Gasteiger charge is 2.27. The predicted molar refractivity (Wildman–Crippen MR) is 54.2 cm³/mol. The van der Waals surface area contributed by atoms with Crippen LogP contribution < -0.4 is 0 Å². The monoisotopic (exact) mass is 217 g/mol. The van der Waals surface area contributed by atoms with Gasteiger partial charge in [-0.3, -0.25) is 0 Å². The molecule has 0 aliphatic heterocycles. The molecule has 0 bridgehead atoms. The van der Waals surface area contributed by atoms with E-state index < -0.39 is 15.3 Å². The molecule has 1 heterocycles. The Labute approximate surface area is 84.4 Å². The van der Waals surface area contributed by atoms with Crippen molar-refractivity contribution >= 4 is 10.0 Å². The minimum absolute atomic E-state index is 0.554. The maximum atomic E-state index is 11.8. The van der Waals surface area contributed by atoms with Gasteiger partial charge in [0.1, 0.15) is 11.1 Å².